The molecule has 0 saturated heterocycles. The van der Waals surface area contributed by atoms with Crippen LogP contribution in [0.4, 0.5) is 0 Å². The Balaban J connectivity index is 1.54. The smallest absolute Gasteiger partial charge is 0.272 e. The Bertz CT molecular complexity index is 1150. The summed E-state index contributed by atoms with van der Waals surface area (Å²) < 4.78 is 1.69. The molecule has 1 aliphatic carbocycles. The minimum atomic E-state index is -0.128. The Hall–Kier alpha value is -2.95. The summed E-state index contributed by atoms with van der Waals surface area (Å²) >= 11 is 0. The van der Waals surface area contributed by atoms with Crippen LogP contribution in [0.1, 0.15) is 53.3 Å². The first-order valence-corrected chi connectivity index (χ1v) is 10.3. The Morgan fingerprint density at radius 1 is 1.17 bits per heavy atom. The van der Waals surface area contributed by atoms with Crippen LogP contribution in [-0.2, 0) is 17.8 Å². The highest BCUT2D eigenvalue weighted by molar-refractivity contribution is 5.78. The lowest BCUT2D eigenvalue weighted by Crippen LogP contribution is -2.33. The lowest BCUT2D eigenvalue weighted by molar-refractivity contribution is -0.122. The Morgan fingerprint density at radius 2 is 1.93 bits per heavy atom. The fourth-order valence-corrected chi connectivity index (χ4v) is 4.23. The topological polar surface area (TPSA) is 64.0 Å². The largest absolute Gasteiger partial charge is 0.349 e. The second kappa shape index (κ2) is 7.82. The Morgan fingerprint density at radius 3 is 2.76 bits per heavy atom. The number of rotatable bonds is 4. The van der Waals surface area contributed by atoms with Crippen LogP contribution in [0.2, 0.25) is 0 Å². The van der Waals surface area contributed by atoms with E-state index in [-0.39, 0.29) is 23.9 Å². The summed E-state index contributed by atoms with van der Waals surface area (Å²) in [5.74, 6) is -0.0231. The summed E-state index contributed by atoms with van der Waals surface area (Å²) in [6.45, 7) is 6.14. The van der Waals surface area contributed by atoms with E-state index in [4.69, 9.17) is 0 Å². The highest BCUT2D eigenvalue weighted by Gasteiger charge is 2.21. The fourth-order valence-electron chi connectivity index (χ4n) is 4.23. The van der Waals surface area contributed by atoms with Gasteiger partial charge in [-0.1, -0.05) is 24.3 Å². The van der Waals surface area contributed by atoms with E-state index in [2.05, 4.69) is 28.5 Å². The predicted octanol–water partition coefficient (Wildman–Crippen LogP) is 3.91. The number of nitrogens with one attached hydrogen (secondary N) is 1. The predicted molar refractivity (Wildman–Crippen MR) is 115 cm³/mol. The van der Waals surface area contributed by atoms with Gasteiger partial charge in [0.15, 0.2) is 0 Å². The standard InChI is InChI=1S/C24H27N3O2/c1-15-13-21-22(14-16(15)2)27(24(29)17(3)25-21)12-11-23(28)26-20-10-6-8-18-7-4-5-9-19(18)20/h4-5,7,9,13-14,20H,6,8,10-12H2,1-3H3,(H,26,28)/t20-/m1/s1. The van der Waals surface area contributed by atoms with Crippen LogP contribution < -0.4 is 10.9 Å². The molecule has 0 unspecified atom stereocenters. The normalized spacial score (nSPS) is 15.9. The summed E-state index contributed by atoms with van der Waals surface area (Å²) in [5.41, 5.74) is 6.72. The van der Waals surface area contributed by atoms with Crippen LogP contribution in [0.5, 0.6) is 0 Å². The SMILES string of the molecule is Cc1cc2nc(C)c(=O)n(CCC(=O)N[C@@H]3CCCc4ccccc43)c2cc1C. The minimum Gasteiger partial charge on any atom is -0.349 e. The van der Waals surface area contributed by atoms with Crippen LogP contribution in [0.25, 0.3) is 11.0 Å². The number of carbonyl (C=O) groups excluding carboxylic acids is 1. The molecule has 5 nitrogen and oxygen atoms in total. The molecular formula is C24H27N3O2. The molecule has 0 bridgehead atoms. The number of aryl methyl sites for hydroxylation is 5. The van der Waals surface area contributed by atoms with E-state index in [0.717, 1.165) is 41.4 Å². The van der Waals surface area contributed by atoms with Gasteiger partial charge < -0.3 is 9.88 Å². The molecular weight excluding hydrogens is 362 g/mol. The van der Waals surface area contributed by atoms with Crippen LogP contribution in [0, 0.1) is 20.8 Å². The molecule has 4 rings (SSSR count). The second-order valence-electron chi connectivity index (χ2n) is 8.04. The van der Waals surface area contributed by atoms with Crippen molar-refractivity contribution in [2.24, 2.45) is 0 Å². The zero-order valence-corrected chi connectivity index (χ0v) is 17.3. The molecule has 0 fully saturated rings. The third kappa shape index (κ3) is 3.82. The van der Waals surface area contributed by atoms with E-state index in [1.807, 2.05) is 32.0 Å². The van der Waals surface area contributed by atoms with Crippen LogP contribution >= 0.6 is 0 Å². The summed E-state index contributed by atoms with van der Waals surface area (Å²) in [6.07, 6.45) is 3.37. The second-order valence-corrected chi connectivity index (χ2v) is 8.04. The average molecular weight is 389 g/mol. The van der Waals surface area contributed by atoms with Gasteiger partial charge in [0.2, 0.25) is 5.91 Å². The van der Waals surface area contributed by atoms with Gasteiger partial charge in [-0.05, 0) is 74.4 Å². The lowest BCUT2D eigenvalue weighted by atomic mass is 9.87. The molecule has 0 saturated carbocycles. The van der Waals surface area contributed by atoms with Gasteiger partial charge in [0.05, 0.1) is 17.1 Å². The van der Waals surface area contributed by atoms with E-state index >= 15 is 0 Å². The molecule has 3 aromatic rings. The summed E-state index contributed by atoms with van der Waals surface area (Å²) in [6, 6.07) is 12.4. The maximum atomic E-state index is 12.7. The van der Waals surface area contributed by atoms with Crippen molar-refractivity contribution in [3.63, 3.8) is 0 Å². The average Bonchev–Trinajstić information content (AvgIpc) is 2.70. The van der Waals surface area contributed by atoms with E-state index in [1.54, 1.807) is 11.5 Å². The monoisotopic (exact) mass is 389 g/mol. The summed E-state index contributed by atoms with van der Waals surface area (Å²) in [5, 5.41) is 3.18. The lowest BCUT2D eigenvalue weighted by Gasteiger charge is -2.26. The van der Waals surface area contributed by atoms with Crippen molar-refractivity contribution < 1.29 is 4.79 Å². The van der Waals surface area contributed by atoms with Crippen molar-refractivity contribution in [1.82, 2.24) is 14.9 Å². The number of carbonyl (C=O) groups is 1. The molecule has 0 aliphatic heterocycles. The molecule has 1 aliphatic rings. The van der Waals surface area contributed by atoms with Crippen molar-refractivity contribution in [1.29, 1.82) is 0 Å². The van der Waals surface area contributed by atoms with Crippen molar-refractivity contribution in [2.45, 2.75) is 59.0 Å². The molecule has 1 heterocycles. The first-order chi connectivity index (χ1) is 13.9. The number of aromatic nitrogens is 2. The summed E-state index contributed by atoms with van der Waals surface area (Å²) in [4.78, 5) is 29.9. The van der Waals surface area contributed by atoms with Gasteiger partial charge >= 0.3 is 0 Å². The van der Waals surface area contributed by atoms with Crippen molar-refractivity contribution in [2.75, 3.05) is 0 Å². The summed E-state index contributed by atoms with van der Waals surface area (Å²) in [7, 11) is 0. The van der Waals surface area contributed by atoms with Gasteiger partial charge in [-0.25, -0.2) is 4.98 Å². The molecule has 29 heavy (non-hydrogen) atoms. The highest BCUT2D eigenvalue weighted by atomic mass is 16.2. The van der Waals surface area contributed by atoms with Gasteiger partial charge in [0.1, 0.15) is 5.69 Å². The van der Waals surface area contributed by atoms with Crippen molar-refractivity contribution >= 4 is 16.9 Å². The quantitative estimate of drug-likeness (QED) is 0.736. The van der Waals surface area contributed by atoms with Crippen molar-refractivity contribution in [3.8, 4) is 0 Å². The van der Waals surface area contributed by atoms with Crippen molar-refractivity contribution in [3.05, 3.63) is 74.7 Å². The van der Waals surface area contributed by atoms with E-state index in [0.29, 0.717) is 12.2 Å². The Labute approximate surface area is 170 Å². The molecule has 2 aromatic carbocycles. The maximum Gasteiger partial charge on any atom is 0.272 e. The van der Waals surface area contributed by atoms with E-state index in [9.17, 15) is 9.59 Å². The number of nitrogens with zero attached hydrogens (tertiary/aromatic N) is 2. The third-order valence-electron chi connectivity index (χ3n) is 5.99. The molecule has 5 heteroatoms. The van der Waals surface area contributed by atoms with E-state index < -0.39 is 0 Å². The number of amides is 1. The highest BCUT2D eigenvalue weighted by Crippen LogP contribution is 2.29. The molecule has 0 spiro atoms. The van der Waals surface area contributed by atoms with Crippen LogP contribution in [0.15, 0.2) is 41.2 Å². The first-order valence-electron chi connectivity index (χ1n) is 10.3. The number of hydrogen-bond donors (Lipinski definition) is 1. The van der Waals surface area contributed by atoms with Gasteiger partial charge in [-0.15, -0.1) is 0 Å². The molecule has 0 radical (unpaired) electrons. The van der Waals surface area contributed by atoms with Gasteiger partial charge in [0, 0.05) is 13.0 Å². The third-order valence-corrected chi connectivity index (χ3v) is 5.99. The number of benzene rings is 2. The minimum absolute atomic E-state index is 0.0231. The Kier molecular flexibility index (Phi) is 5.22. The van der Waals surface area contributed by atoms with Gasteiger partial charge in [-0.2, -0.15) is 0 Å². The zero-order chi connectivity index (χ0) is 20.5. The van der Waals surface area contributed by atoms with Crippen LogP contribution in [-0.4, -0.2) is 15.5 Å². The van der Waals surface area contributed by atoms with Gasteiger partial charge in [-0.3, -0.25) is 9.59 Å². The maximum absolute atomic E-state index is 12.7. The number of fused-ring (bicyclic) bond motifs is 2. The zero-order valence-electron chi connectivity index (χ0n) is 17.3. The molecule has 1 amide bonds. The first kappa shape index (κ1) is 19.4. The molecule has 1 N–H and O–H groups in total. The molecule has 1 aromatic heterocycles. The van der Waals surface area contributed by atoms with E-state index in [1.165, 1.54) is 11.1 Å². The fraction of sp³-hybridized carbons (Fsp3) is 0.375. The van der Waals surface area contributed by atoms with Crippen LogP contribution in [0.3, 0.4) is 0 Å². The number of hydrogen-bond acceptors (Lipinski definition) is 3. The molecule has 1 atom stereocenters. The van der Waals surface area contributed by atoms with Gasteiger partial charge in [0.25, 0.3) is 5.56 Å². The molecule has 150 valence electrons.